The molecule has 5 heteroatoms. The highest BCUT2D eigenvalue weighted by Crippen LogP contribution is 2.21. The van der Waals surface area contributed by atoms with Gasteiger partial charge in [-0.1, -0.05) is 28.1 Å². The first-order chi connectivity index (χ1) is 7.32. The Bertz CT molecular complexity index is 424. The van der Waals surface area contributed by atoms with Crippen molar-refractivity contribution < 1.29 is 9.59 Å². The Labute approximate surface area is 102 Å². The lowest BCUT2D eigenvalue weighted by molar-refractivity contribution is -0.117. The Morgan fingerprint density at radius 3 is 2.38 bits per heavy atom. The zero-order chi connectivity index (χ0) is 12.3. The van der Waals surface area contributed by atoms with Gasteiger partial charge in [0.1, 0.15) is 0 Å². The molecule has 0 saturated heterocycles. The normalized spacial score (nSPS) is 10.9. The highest BCUT2D eigenvalue weighted by atomic mass is 79.9. The number of rotatable bonds is 3. The molecule has 1 rings (SSSR count). The average molecular weight is 285 g/mol. The van der Waals surface area contributed by atoms with Gasteiger partial charge in [0, 0.05) is 0 Å². The van der Waals surface area contributed by atoms with Crippen LogP contribution in [-0.4, -0.2) is 16.1 Å². The van der Waals surface area contributed by atoms with E-state index >= 15 is 0 Å². The van der Waals surface area contributed by atoms with Gasteiger partial charge in [0.25, 0.3) is 5.91 Å². The summed E-state index contributed by atoms with van der Waals surface area (Å²) in [7, 11) is 0. The fourth-order valence-electron chi connectivity index (χ4n) is 1.08. The number of halogens is 1. The van der Waals surface area contributed by atoms with E-state index in [1.807, 2.05) is 0 Å². The third kappa shape index (κ3) is 3.06. The number of anilines is 1. The zero-order valence-corrected chi connectivity index (χ0v) is 10.7. The van der Waals surface area contributed by atoms with Crippen LogP contribution >= 0.6 is 15.9 Å². The fourth-order valence-corrected chi connectivity index (χ4v) is 1.18. The smallest absolute Gasteiger partial charge is 0.250 e. The summed E-state index contributed by atoms with van der Waals surface area (Å²) in [5.74, 6) is -0.801. The summed E-state index contributed by atoms with van der Waals surface area (Å²) in [6.07, 6.45) is 0. The molecular formula is C11H13BrN2O2. The van der Waals surface area contributed by atoms with Gasteiger partial charge in [0.15, 0.2) is 0 Å². The first kappa shape index (κ1) is 12.7. The maximum Gasteiger partial charge on any atom is 0.250 e. The highest BCUT2D eigenvalue weighted by Gasteiger charge is 2.24. The first-order valence-electron chi connectivity index (χ1n) is 4.71. The number of hydrogen-bond donors (Lipinski definition) is 2. The number of primary amides is 1. The van der Waals surface area contributed by atoms with Crippen molar-refractivity contribution in [3.8, 4) is 0 Å². The molecule has 4 nitrogen and oxygen atoms in total. The lowest BCUT2D eigenvalue weighted by Gasteiger charge is -2.17. The summed E-state index contributed by atoms with van der Waals surface area (Å²) < 4.78 is -0.697. The molecule has 0 atom stereocenters. The van der Waals surface area contributed by atoms with Gasteiger partial charge >= 0.3 is 0 Å². The summed E-state index contributed by atoms with van der Waals surface area (Å²) in [6.45, 7) is 3.43. The number of alkyl halides is 1. The van der Waals surface area contributed by atoms with Crippen LogP contribution in [0.4, 0.5) is 5.69 Å². The van der Waals surface area contributed by atoms with E-state index in [1.54, 1.807) is 38.1 Å². The molecule has 0 aliphatic heterocycles. The van der Waals surface area contributed by atoms with Gasteiger partial charge in [0.2, 0.25) is 5.91 Å². The number of amides is 2. The van der Waals surface area contributed by atoms with E-state index in [2.05, 4.69) is 21.2 Å². The minimum absolute atomic E-state index is 0.235. The van der Waals surface area contributed by atoms with E-state index < -0.39 is 10.2 Å². The fraction of sp³-hybridized carbons (Fsp3) is 0.273. The van der Waals surface area contributed by atoms with Crippen LogP contribution in [0.15, 0.2) is 24.3 Å². The summed E-state index contributed by atoms with van der Waals surface area (Å²) in [4.78, 5) is 22.8. The lowest BCUT2D eigenvalue weighted by Crippen LogP contribution is -2.31. The number of benzene rings is 1. The van der Waals surface area contributed by atoms with Gasteiger partial charge in [0.05, 0.1) is 15.6 Å². The predicted octanol–water partition coefficient (Wildman–Crippen LogP) is 1.90. The molecule has 0 heterocycles. The van der Waals surface area contributed by atoms with Gasteiger partial charge in [-0.3, -0.25) is 9.59 Å². The molecule has 0 radical (unpaired) electrons. The number of hydrogen-bond acceptors (Lipinski definition) is 2. The van der Waals surface area contributed by atoms with Crippen LogP contribution in [0.2, 0.25) is 0 Å². The van der Waals surface area contributed by atoms with Gasteiger partial charge < -0.3 is 11.1 Å². The van der Waals surface area contributed by atoms with E-state index in [9.17, 15) is 9.59 Å². The Hall–Kier alpha value is -1.36. The molecule has 0 unspecified atom stereocenters. The van der Waals surface area contributed by atoms with Crippen LogP contribution in [0.3, 0.4) is 0 Å². The van der Waals surface area contributed by atoms with Crippen molar-refractivity contribution in [1.29, 1.82) is 0 Å². The number of nitrogens with two attached hydrogens (primary N) is 1. The monoisotopic (exact) mass is 284 g/mol. The van der Waals surface area contributed by atoms with Crippen molar-refractivity contribution in [1.82, 2.24) is 0 Å². The first-order valence-corrected chi connectivity index (χ1v) is 5.51. The van der Waals surface area contributed by atoms with Crippen LogP contribution in [0, 0.1) is 0 Å². The summed E-state index contributed by atoms with van der Waals surface area (Å²) >= 11 is 3.23. The Kier molecular flexibility index (Phi) is 3.70. The zero-order valence-electron chi connectivity index (χ0n) is 9.08. The molecule has 1 aromatic rings. The number of nitrogens with one attached hydrogen (secondary N) is 1. The number of carbonyl (C=O) groups is 2. The quantitative estimate of drug-likeness (QED) is 0.832. The topological polar surface area (TPSA) is 72.2 Å². The van der Waals surface area contributed by atoms with Crippen LogP contribution < -0.4 is 11.1 Å². The van der Waals surface area contributed by atoms with E-state index in [1.165, 1.54) is 0 Å². The second-order valence-electron chi connectivity index (χ2n) is 3.84. The van der Waals surface area contributed by atoms with Crippen molar-refractivity contribution in [2.45, 2.75) is 18.2 Å². The van der Waals surface area contributed by atoms with Gasteiger partial charge in [-0.25, -0.2) is 0 Å². The molecule has 1 aromatic carbocycles. The Morgan fingerprint density at radius 2 is 1.88 bits per heavy atom. The lowest BCUT2D eigenvalue weighted by atomic mass is 10.1. The Morgan fingerprint density at radius 1 is 1.31 bits per heavy atom. The molecule has 0 aliphatic rings. The SMILES string of the molecule is CC(C)(Br)C(=O)Nc1ccccc1C(N)=O. The van der Waals surface area contributed by atoms with Crippen molar-refractivity contribution in [2.24, 2.45) is 5.73 Å². The standard InChI is InChI=1S/C11H13BrN2O2/c1-11(2,12)10(16)14-8-6-4-3-5-7(8)9(13)15/h3-6H,1-2H3,(H2,13,15)(H,14,16). The van der Waals surface area contributed by atoms with Gasteiger partial charge in [-0.15, -0.1) is 0 Å². The van der Waals surface area contributed by atoms with Crippen molar-refractivity contribution in [2.75, 3.05) is 5.32 Å². The number of carbonyl (C=O) groups excluding carboxylic acids is 2. The average Bonchev–Trinajstić information content (AvgIpc) is 2.16. The van der Waals surface area contributed by atoms with Gasteiger partial charge in [-0.2, -0.15) is 0 Å². The molecule has 16 heavy (non-hydrogen) atoms. The van der Waals surface area contributed by atoms with Crippen LogP contribution in [-0.2, 0) is 4.79 Å². The molecule has 0 saturated carbocycles. The highest BCUT2D eigenvalue weighted by molar-refractivity contribution is 9.10. The largest absolute Gasteiger partial charge is 0.366 e. The molecule has 0 aromatic heterocycles. The van der Waals surface area contributed by atoms with Crippen molar-refractivity contribution in [3.05, 3.63) is 29.8 Å². The molecule has 0 spiro atoms. The minimum Gasteiger partial charge on any atom is -0.366 e. The molecule has 0 bridgehead atoms. The minimum atomic E-state index is -0.697. The second kappa shape index (κ2) is 4.65. The van der Waals surface area contributed by atoms with Gasteiger partial charge in [-0.05, 0) is 26.0 Å². The summed E-state index contributed by atoms with van der Waals surface area (Å²) in [5, 5.41) is 2.65. The summed E-state index contributed by atoms with van der Waals surface area (Å²) in [5.41, 5.74) is 5.92. The Balaban J connectivity index is 2.98. The van der Waals surface area contributed by atoms with Crippen molar-refractivity contribution >= 4 is 33.4 Å². The summed E-state index contributed by atoms with van der Waals surface area (Å²) in [6, 6.07) is 6.62. The van der Waals surface area contributed by atoms with Crippen LogP contribution in [0.25, 0.3) is 0 Å². The maximum atomic E-state index is 11.7. The molecule has 0 aliphatic carbocycles. The van der Waals surface area contributed by atoms with E-state index in [0.717, 1.165) is 0 Å². The van der Waals surface area contributed by atoms with Crippen LogP contribution in [0.1, 0.15) is 24.2 Å². The second-order valence-corrected chi connectivity index (χ2v) is 5.82. The molecule has 86 valence electrons. The predicted molar refractivity (Wildman–Crippen MR) is 66.6 cm³/mol. The van der Waals surface area contributed by atoms with Crippen LogP contribution in [0.5, 0.6) is 0 Å². The molecular weight excluding hydrogens is 272 g/mol. The van der Waals surface area contributed by atoms with E-state index in [-0.39, 0.29) is 5.91 Å². The molecule has 3 N–H and O–H groups in total. The molecule has 2 amide bonds. The van der Waals surface area contributed by atoms with E-state index in [4.69, 9.17) is 5.73 Å². The maximum absolute atomic E-state index is 11.7. The number of para-hydroxylation sites is 1. The third-order valence-corrected chi connectivity index (χ3v) is 2.34. The van der Waals surface area contributed by atoms with Crippen molar-refractivity contribution in [3.63, 3.8) is 0 Å². The molecule has 0 fully saturated rings. The third-order valence-electron chi connectivity index (χ3n) is 1.98. The van der Waals surface area contributed by atoms with E-state index in [0.29, 0.717) is 11.3 Å².